The Morgan fingerprint density at radius 3 is 2.85 bits per heavy atom. The van der Waals surface area contributed by atoms with Gasteiger partial charge in [0, 0.05) is 6.07 Å². The fraction of sp³-hybridized carbons (Fsp3) is 0.308. The zero-order chi connectivity index (χ0) is 13.7. The average Bonchev–Trinajstić information content (AvgIpc) is 2.91. The lowest BCUT2D eigenvalue weighted by Gasteiger charge is -2.12. The van der Waals surface area contributed by atoms with Crippen molar-refractivity contribution in [3.05, 3.63) is 30.4 Å². The molecule has 2 N–H and O–H groups in total. The number of hydrogen-bond donors (Lipinski definition) is 1. The zero-order valence-corrected chi connectivity index (χ0v) is 10.6. The minimum atomic E-state index is -0.674. The summed E-state index contributed by atoms with van der Waals surface area (Å²) < 4.78 is 12.3. The lowest BCUT2D eigenvalue weighted by molar-refractivity contribution is -0.120. The lowest BCUT2D eigenvalue weighted by atomic mass is 10.1. The van der Waals surface area contributed by atoms with Gasteiger partial charge < -0.3 is 15.2 Å². The van der Waals surface area contributed by atoms with Gasteiger partial charge in [-0.05, 0) is 25.0 Å². The van der Waals surface area contributed by atoms with E-state index in [1.165, 1.54) is 6.33 Å². The maximum Gasteiger partial charge on any atom is 0.231 e. The average molecular weight is 272 g/mol. The van der Waals surface area contributed by atoms with E-state index in [0.29, 0.717) is 30.2 Å². The van der Waals surface area contributed by atoms with Gasteiger partial charge in [-0.2, -0.15) is 5.10 Å². The van der Waals surface area contributed by atoms with E-state index in [9.17, 15) is 4.79 Å². The standard InChI is InChI=1S/C13H12N4O3/c14-11(18)13(3-4-13)12-15-6-16-17(12)8-1-2-9-10(5-8)20-7-19-9/h1-2,5-6H,3-4,7H2,(H2,14,18). The first kappa shape index (κ1) is 11.3. The number of benzene rings is 1. The Morgan fingerprint density at radius 2 is 2.10 bits per heavy atom. The highest BCUT2D eigenvalue weighted by Gasteiger charge is 2.54. The molecule has 7 heteroatoms. The van der Waals surface area contributed by atoms with E-state index >= 15 is 0 Å². The van der Waals surface area contributed by atoms with E-state index in [0.717, 1.165) is 5.69 Å². The van der Waals surface area contributed by atoms with Crippen molar-refractivity contribution in [3.63, 3.8) is 0 Å². The first-order valence-electron chi connectivity index (χ1n) is 6.31. The van der Waals surface area contributed by atoms with Crippen LogP contribution in [0.4, 0.5) is 0 Å². The predicted molar refractivity (Wildman–Crippen MR) is 67.6 cm³/mol. The second-order valence-corrected chi connectivity index (χ2v) is 4.98. The van der Waals surface area contributed by atoms with E-state index in [1.807, 2.05) is 18.2 Å². The van der Waals surface area contributed by atoms with Gasteiger partial charge in [-0.3, -0.25) is 4.79 Å². The molecule has 102 valence electrons. The molecule has 1 aliphatic carbocycles. The number of ether oxygens (including phenoxy) is 2. The molecule has 2 aromatic rings. The van der Waals surface area contributed by atoms with Crippen LogP contribution in [0.2, 0.25) is 0 Å². The summed E-state index contributed by atoms with van der Waals surface area (Å²) in [6.07, 6.45) is 2.86. The minimum Gasteiger partial charge on any atom is -0.454 e. The molecule has 1 aromatic heterocycles. The molecule has 4 rings (SSSR count). The number of hydrogen-bond acceptors (Lipinski definition) is 5. The SMILES string of the molecule is NC(=O)C1(c2ncnn2-c2ccc3c(c2)OCO3)CC1. The quantitative estimate of drug-likeness (QED) is 0.879. The number of aromatic nitrogens is 3. The second-order valence-electron chi connectivity index (χ2n) is 4.98. The van der Waals surface area contributed by atoms with Gasteiger partial charge in [0.2, 0.25) is 12.7 Å². The van der Waals surface area contributed by atoms with Crippen LogP contribution < -0.4 is 15.2 Å². The number of carbonyl (C=O) groups excluding carboxylic acids is 1. The summed E-state index contributed by atoms with van der Waals surface area (Å²) in [5.41, 5.74) is 5.60. The number of rotatable bonds is 3. The van der Waals surface area contributed by atoms with Crippen molar-refractivity contribution in [1.82, 2.24) is 14.8 Å². The monoisotopic (exact) mass is 272 g/mol. The smallest absolute Gasteiger partial charge is 0.231 e. The molecule has 0 unspecified atom stereocenters. The predicted octanol–water partition coefficient (Wildman–Crippen LogP) is 0.513. The summed E-state index contributed by atoms with van der Waals surface area (Å²) in [4.78, 5) is 15.9. The molecule has 1 aromatic carbocycles. The van der Waals surface area contributed by atoms with Crippen molar-refractivity contribution >= 4 is 5.91 Å². The summed E-state index contributed by atoms with van der Waals surface area (Å²) in [5, 5.41) is 4.20. The van der Waals surface area contributed by atoms with Crippen LogP contribution in [-0.4, -0.2) is 27.5 Å². The number of primary amides is 1. The van der Waals surface area contributed by atoms with Gasteiger partial charge in [0.1, 0.15) is 17.6 Å². The Labute approximate surface area is 114 Å². The fourth-order valence-corrected chi connectivity index (χ4v) is 2.48. The van der Waals surface area contributed by atoms with Gasteiger partial charge in [-0.1, -0.05) is 0 Å². The third-order valence-corrected chi connectivity index (χ3v) is 3.80. The largest absolute Gasteiger partial charge is 0.454 e. The molecule has 1 amide bonds. The summed E-state index contributed by atoms with van der Waals surface area (Å²) >= 11 is 0. The Kier molecular flexibility index (Phi) is 2.10. The van der Waals surface area contributed by atoms with Gasteiger partial charge >= 0.3 is 0 Å². The van der Waals surface area contributed by atoms with Crippen LogP contribution in [0, 0.1) is 0 Å². The van der Waals surface area contributed by atoms with Crippen molar-refractivity contribution in [2.24, 2.45) is 5.73 Å². The Morgan fingerprint density at radius 1 is 1.30 bits per heavy atom. The fourth-order valence-electron chi connectivity index (χ4n) is 2.48. The van der Waals surface area contributed by atoms with E-state index in [2.05, 4.69) is 10.1 Å². The number of nitrogens with two attached hydrogens (primary N) is 1. The van der Waals surface area contributed by atoms with Crippen LogP contribution in [0.1, 0.15) is 18.7 Å². The van der Waals surface area contributed by atoms with Crippen LogP contribution in [0.5, 0.6) is 11.5 Å². The lowest BCUT2D eigenvalue weighted by Crippen LogP contribution is -2.31. The van der Waals surface area contributed by atoms with Gasteiger partial charge in [-0.15, -0.1) is 0 Å². The molecule has 1 aliphatic heterocycles. The summed E-state index contributed by atoms with van der Waals surface area (Å²) in [5.74, 6) is 1.59. The normalized spacial score (nSPS) is 18.0. The van der Waals surface area contributed by atoms with Crippen LogP contribution in [0.15, 0.2) is 24.5 Å². The molecule has 2 aliphatic rings. The van der Waals surface area contributed by atoms with Gasteiger partial charge in [0.05, 0.1) is 5.69 Å². The molecular formula is C13H12N4O3. The molecule has 1 saturated carbocycles. The van der Waals surface area contributed by atoms with Crippen LogP contribution in [0.3, 0.4) is 0 Å². The van der Waals surface area contributed by atoms with Crippen molar-refractivity contribution in [2.45, 2.75) is 18.3 Å². The zero-order valence-electron chi connectivity index (χ0n) is 10.6. The highest BCUT2D eigenvalue weighted by molar-refractivity contribution is 5.89. The van der Waals surface area contributed by atoms with Crippen LogP contribution in [0.25, 0.3) is 5.69 Å². The van der Waals surface area contributed by atoms with Gasteiger partial charge in [-0.25, -0.2) is 9.67 Å². The Hall–Kier alpha value is -2.57. The highest BCUT2D eigenvalue weighted by Crippen LogP contribution is 2.47. The molecule has 1 fully saturated rings. The van der Waals surface area contributed by atoms with Crippen molar-refractivity contribution in [1.29, 1.82) is 0 Å². The third-order valence-electron chi connectivity index (χ3n) is 3.80. The molecular weight excluding hydrogens is 260 g/mol. The maximum atomic E-state index is 11.6. The van der Waals surface area contributed by atoms with E-state index in [-0.39, 0.29) is 12.7 Å². The maximum absolute atomic E-state index is 11.6. The summed E-state index contributed by atoms with van der Waals surface area (Å²) in [6.45, 7) is 0.216. The molecule has 0 saturated heterocycles. The Bertz CT molecular complexity index is 705. The highest BCUT2D eigenvalue weighted by atomic mass is 16.7. The van der Waals surface area contributed by atoms with Crippen molar-refractivity contribution < 1.29 is 14.3 Å². The van der Waals surface area contributed by atoms with Crippen molar-refractivity contribution in [2.75, 3.05) is 6.79 Å². The molecule has 0 atom stereocenters. The molecule has 7 nitrogen and oxygen atoms in total. The molecule has 0 radical (unpaired) electrons. The van der Waals surface area contributed by atoms with E-state index < -0.39 is 5.41 Å². The minimum absolute atomic E-state index is 0.216. The second kappa shape index (κ2) is 3.72. The first-order chi connectivity index (χ1) is 9.71. The van der Waals surface area contributed by atoms with E-state index in [4.69, 9.17) is 15.2 Å². The summed E-state index contributed by atoms with van der Waals surface area (Å²) in [7, 11) is 0. The number of fused-ring (bicyclic) bond motifs is 1. The number of carbonyl (C=O) groups is 1. The first-order valence-corrected chi connectivity index (χ1v) is 6.31. The van der Waals surface area contributed by atoms with Crippen molar-refractivity contribution in [3.8, 4) is 17.2 Å². The van der Waals surface area contributed by atoms with Crippen LogP contribution in [-0.2, 0) is 10.2 Å². The molecule has 0 bridgehead atoms. The number of amides is 1. The topological polar surface area (TPSA) is 92.3 Å². The number of nitrogens with zero attached hydrogens (tertiary/aromatic N) is 3. The van der Waals surface area contributed by atoms with Crippen LogP contribution >= 0.6 is 0 Å². The summed E-state index contributed by atoms with van der Waals surface area (Å²) in [6, 6.07) is 5.48. The Balaban J connectivity index is 1.81. The van der Waals surface area contributed by atoms with E-state index in [1.54, 1.807) is 4.68 Å². The van der Waals surface area contributed by atoms with Gasteiger partial charge in [0.15, 0.2) is 11.5 Å². The third kappa shape index (κ3) is 1.43. The molecule has 2 heterocycles. The van der Waals surface area contributed by atoms with Gasteiger partial charge in [0.25, 0.3) is 0 Å². The molecule has 20 heavy (non-hydrogen) atoms. The molecule has 0 spiro atoms.